The van der Waals surface area contributed by atoms with Gasteiger partial charge in [-0.2, -0.15) is 0 Å². The van der Waals surface area contributed by atoms with Crippen molar-refractivity contribution in [1.82, 2.24) is 9.80 Å². The number of rotatable bonds is 5. The van der Waals surface area contributed by atoms with Gasteiger partial charge in [0, 0.05) is 18.6 Å². The van der Waals surface area contributed by atoms with Crippen molar-refractivity contribution < 1.29 is 9.53 Å². The van der Waals surface area contributed by atoms with E-state index in [1.807, 2.05) is 31.2 Å². The van der Waals surface area contributed by atoms with E-state index in [0.29, 0.717) is 25.1 Å². The molecule has 4 heteroatoms. The van der Waals surface area contributed by atoms with Crippen molar-refractivity contribution in [3.8, 4) is 5.75 Å². The van der Waals surface area contributed by atoms with Crippen LogP contribution in [-0.4, -0.2) is 54.5 Å². The van der Waals surface area contributed by atoms with Crippen molar-refractivity contribution in [2.75, 3.05) is 26.7 Å². The smallest absolute Gasteiger partial charge is 0.227 e. The van der Waals surface area contributed by atoms with Gasteiger partial charge >= 0.3 is 0 Å². The first kappa shape index (κ1) is 16.3. The van der Waals surface area contributed by atoms with Crippen molar-refractivity contribution in [3.63, 3.8) is 0 Å². The molecular weight excluding hydrogens is 288 g/mol. The minimum Gasteiger partial charge on any atom is -0.494 e. The minimum absolute atomic E-state index is 0.275. The Balaban J connectivity index is 1.62. The van der Waals surface area contributed by atoms with Gasteiger partial charge in [-0.3, -0.25) is 4.79 Å². The normalized spacial score (nSPS) is 25.0. The molecule has 23 heavy (non-hydrogen) atoms. The minimum atomic E-state index is 0.275. The molecule has 0 saturated carbocycles. The predicted octanol–water partition coefficient (Wildman–Crippen LogP) is 2.71. The fourth-order valence-electron chi connectivity index (χ4n) is 4.07. The number of carbonyl (C=O) groups excluding carboxylic acids is 1. The van der Waals surface area contributed by atoms with E-state index in [9.17, 15) is 4.79 Å². The van der Waals surface area contributed by atoms with Gasteiger partial charge in [-0.1, -0.05) is 12.1 Å². The molecule has 2 heterocycles. The maximum atomic E-state index is 12.8. The van der Waals surface area contributed by atoms with E-state index >= 15 is 0 Å². The predicted molar refractivity (Wildman–Crippen MR) is 91.7 cm³/mol. The van der Waals surface area contributed by atoms with E-state index in [4.69, 9.17) is 4.74 Å². The van der Waals surface area contributed by atoms with Crippen LogP contribution in [-0.2, 0) is 11.2 Å². The van der Waals surface area contributed by atoms with Crippen LogP contribution in [0.3, 0.4) is 0 Å². The Morgan fingerprint density at radius 1 is 1.13 bits per heavy atom. The summed E-state index contributed by atoms with van der Waals surface area (Å²) in [5, 5.41) is 0. The monoisotopic (exact) mass is 316 g/mol. The lowest BCUT2D eigenvalue weighted by Gasteiger charge is -2.33. The molecule has 2 fully saturated rings. The van der Waals surface area contributed by atoms with Crippen molar-refractivity contribution in [2.45, 2.75) is 51.1 Å². The van der Waals surface area contributed by atoms with Gasteiger partial charge in [-0.05, 0) is 63.9 Å². The molecule has 0 unspecified atom stereocenters. The molecule has 0 bridgehead atoms. The number of nitrogens with zero attached hydrogens (tertiary/aromatic N) is 2. The highest BCUT2D eigenvalue weighted by atomic mass is 16.5. The van der Waals surface area contributed by atoms with Crippen LogP contribution in [0.15, 0.2) is 24.3 Å². The average molecular weight is 316 g/mol. The molecule has 0 N–H and O–H groups in total. The van der Waals surface area contributed by atoms with Gasteiger partial charge in [0.2, 0.25) is 5.91 Å². The molecule has 1 aromatic carbocycles. The van der Waals surface area contributed by atoms with E-state index < -0.39 is 0 Å². The van der Waals surface area contributed by atoms with Crippen LogP contribution in [0.2, 0.25) is 0 Å². The fraction of sp³-hybridized carbons (Fsp3) is 0.632. The van der Waals surface area contributed by atoms with Crippen LogP contribution in [0.1, 0.15) is 38.2 Å². The second kappa shape index (κ2) is 7.35. The fourth-order valence-corrected chi connectivity index (χ4v) is 4.07. The SMILES string of the molecule is CCOc1ccc(CC(=O)N2CCC[C@@H]2[C@@H]2CCCN2C)cc1. The largest absolute Gasteiger partial charge is 0.494 e. The highest BCUT2D eigenvalue weighted by Gasteiger charge is 2.38. The zero-order chi connectivity index (χ0) is 16.2. The van der Waals surface area contributed by atoms with E-state index in [1.165, 1.54) is 19.4 Å². The third-order valence-corrected chi connectivity index (χ3v) is 5.23. The Morgan fingerprint density at radius 2 is 1.83 bits per heavy atom. The topological polar surface area (TPSA) is 32.8 Å². The Labute approximate surface area is 139 Å². The van der Waals surface area contributed by atoms with E-state index in [1.54, 1.807) is 0 Å². The number of benzene rings is 1. The summed E-state index contributed by atoms with van der Waals surface area (Å²) in [5.74, 6) is 1.15. The Bertz CT molecular complexity index is 529. The molecule has 4 nitrogen and oxygen atoms in total. The lowest BCUT2D eigenvalue weighted by molar-refractivity contribution is -0.132. The van der Waals surface area contributed by atoms with Gasteiger partial charge in [0.05, 0.1) is 13.0 Å². The van der Waals surface area contributed by atoms with Gasteiger partial charge in [-0.25, -0.2) is 0 Å². The van der Waals surface area contributed by atoms with Gasteiger partial charge in [0.1, 0.15) is 5.75 Å². The number of carbonyl (C=O) groups is 1. The highest BCUT2D eigenvalue weighted by Crippen LogP contribution is 2.29. The molecule has 0 spiro atoms. The molecule has 0 aliphatic carbocycles. The van der Waals surface area contributed by atoms with Crippen molar-refractivity contribution in [2.24, 2.45) is 0 Å². The summed E-state index contributed by atoms with van der Waals surface area (Å²) in [6.45, 7) is 4.74. The van der Waals surface area contributed by atoms with Gasteiger partial charge < -0.3 is 14.5 Å². The highest BCUT2D eigenvalue weighted by molar-refractivity contribution is 5.79. The van der Waals surface area contributed by atoms with Crippen LogP contribution < -0.4 is 4.74 Å². The lowest BCUT2D eigenvalue weighted by atomic mass is 10.0. The first-order valence-corrected chi connectivity index (χ1v) is 8.90. The number of hydrogen-bond acceptors (Lipinski definition) is 3. The number of amides is 1. The molecule has 2 aliphatic heterocycles. The summed E-state index contributed by atoms with van der Waals surface area (Å²) in [6.07, 6.45) is 5.29. The second-order valence-electron chi connectivity index (χ2n) is 6.74. The third kappa shape index (κ3) is 3.69. The van der Waals surface area contributed by atoms with E-state index in [2.05, 4.69) is 16.8 Å². The van der Waals surface area contributed by atoms with Crippen LogP contribution in [0.5, 0.6) is 5.75 Å². The Kier molecular flexibility index (Phi) is 5.21. The summed E-state index contributed by atoms with van der Waals surface area (Å²) >= 11 is 0. The molecule has 2 aliphatic rings. The molecule has 1 aromatic rings. The second-order valence-corrected chi connectivity index (χ2v) is 6.74. The van der Waals surface area contributed by atoms with Crippen LogP contribution >= 0.6 is 0 Å². The molecule has 0 radical (unpaired) electrons. The van der Waals surface area contributed by atoms with Gasteiger partial charge in [0.25, 0.3) is 0 Å². The van der Waals surface area contributed by atoms with E-state index in [0.717, 1.165) is 30.7 Å². The number of likely N-dealkylation sites (tertiary alicyclic amines) is 2. The first-order valence-electron chi connectivity index (χ1n) is 8.90. The van der Waals surface area contributed by atoms with E-state index in [-0.39, 0.29) is 5.91 Å². The first-order chi connectivity index (χ1) is 11.2. The molecule has 3 rings (SSSR count). The zero-order valence-corrected chi connectivity index (χ0v) is 14.3. The maximum Gasteiger partial charge on any atom is 0.227 e. The molecule has 126 valence electrons. The van der Waals surface area contributed by atoms with Crippen LogP contribution in [0, 0.1) is 0 Å². The van der Waals surface area contributed by atoms with Gasteiger partial charge in [-0.15, -0.1) is 0 Å². The van der Waals surface area contributed by atoms with Crippen molar-refractivity contribution in [3.05, 3.63) is 29.8 Å². The molecular formula is C19H28N2O2. The molecule has 2 saturated heterocycles. The van der Waals surface area contributed by atoms with Crippen molar-refractivity contribution in [1.29, 1.82) is 0 Å². The maximum absolute atomic E-state index is 12.8. The third-order valence-electron chi connectivity index (χ3n) is 5.23. The number of likely N-dealkylation sites (N-methyl/N-ethyl adjacent to an activating group) is 1. The van der Waals surface area contributed by atoms with Crippen molar-refractivity contribution >= 4 is 5.91 Å². The summed E-state index contributed by atoms with van der Waals surface area (Å²) in [6, 6.07) is 8.90. The average Bonchev–Trinajstić information content (AvgIpc) is 3.17. The number of hydrogen-bond donors (Lipinski definition) is 0. The Hall–Kier alpha value is -1.55. The quantitative estimate of drug-likeness (QED) is 0.837. The summed E-state index contributed by atoms with van der Waals surface area (Å²) in [5.41, 5.74) is 1.07. The summed E-state index contributed by atoms with van der Waals surface area (Å²) in [4.78, 5) is 17.4. The standard InChI is InChI=1S/C19H28N2O2/c1-3-23-16-10-8-15(9-11-16)14-19(22)21-13-5-7-18(21)17-6-4-12-20(17)2/h8-11,17-18H,3-7,12-14H2,1-2H3/t17-,18+/m0/s1. The zero-order valence-electron chi connectivity index (χ0n) is 14.3. The van der Waals surface area contributed by atoms with Crippen LogP contribution in [0.25, 0.3) is 0 Å². The molecule has 1 amide bonds. The van der Waals surface area contributed by atoms with Gasteiger partial charge in [0.15, 0.2) is 0 Å². The molecule has 0 aromatic heterocycles. The number of ether oxygens (including phenoxy) is 1. The Morgan fingerprint density at radius 3 is 2.48 bits per heavy atom. The lowest BCUT2D eigenvalue weighted by Crippen LogP contribution is -2.47. The summed E-state index contributed by atoms with van der Waals surface area (Å²) in [7, 11) is 2.20. The molecule has 2 atom stereocenters. The summed E-state index contributed by atoms with van der Waals surface area (Å²) < 4.78 is 5.46. The van der Waals surface area contributed by atoms with Crippen LogP contribution in [0.4, 0.5) is 0 Å².